The fraction of sp³-hybridized carbons (Fsp3) is 0.654. The zero-order valence-corrected chi connectivity index (χ0v) is 19.0. The van der Waals surface area contributed by atoms with E-state index in [1.54, 1.807) is 7.11 Å². The van der Waals surface area contributed by atoms with E-state index in [0.29, 0.717) is 11.8 Å². The number of piperazine rings is 1. The number of hydrogen-bond acceptors (Lipinski definition) is 5. The van der Waals surface area contributed by atoms with E-state index in [1.807, 2.05) is 12.1 Å². The number of anilines is 1. The van der Waals surface area contributed by atoms with Gasteiger partial charge in [0.25, 0.3) is 0 Å². The molecule has 2 aliphatic heterocycles. The van der Waals surface area contributed by atoms with Gasteiger partial charge in [0.2, 0.25) is 0 Å². The average molecular weight is 425 g/mol. The van der Waals surface area contributed by atoms with E-state index < -0.39 is 0 Å². The van der Waals surface area contributed by atoms with Crippen LogP contribution in [-0.2, 0) is 9.53 Å². The van der Waals surface area contributed by atoms with Gasteiger partial charge in [0.15, 0.2) is 0 Å². The Morgan fingerprint density at radius 3 is 2.65 bits per heavy atom. The normalized spacial score (nSPS) is 36.0. The Labute approximate surface area is 186 Å². The fourth-order valence-corrected chi connectivity index (χ4v) is 6.72. The Bertz CT molecular complexity index is 830. The van der Waals surface area contributed by atoms with Gasteiger partial charge in [-0.05, 0) is 67.7 Å². The van der Waals surface area contributed by atoms with Crippen LogP contribution in [0.1, 0.15) is 39.0 Å². The maximum atomic E-state index is 12.9. The molecular weight excluding hydrogens is 388 g/mol. The zero-order chi connectivity index (χ0) is 21.6. The largest absolute Gasteiger partial charge is 0.497 e. The highest BCUT2D eigenvalue weighted by atomic mass is 16.6. The van der Waals surface area contributed by atoms with Crippen LogP contribution < -0.4 is 9.64 Å². The number of fused-ring (bicyclic) bond motifs is 2. The molecule has 0 aromatic heterocycles. The molecule has 31 heavy (non-hydrogen) atoms. The Morgan fingerprint density at radius 2 is 1.94 bits per heavy atom. The second kappa shape index (κ2) is 8.16. The summed E-state index contributed by atoms with van der Waals surface area (Å²) in [6, 6.07) is 8.30. The predicted molar refractivity (Wildman–Crippen MR) is 122 cm³/mol. The lowest BCUT2D eigenvalue weighted by atomic mass is 9.55. The predicted octanol–water partition coefficient (Wildman–Crippen LogP) is 4.13. The molecule has 5 heteroatoms. The molecule has 168 valence electrons. The molecule has 4 aliphatic rings. The molecule has 2 saturated carbocycles. The van der Waals surface area contributed by atoms with Gasteiger partial charge in [-0.3, -0.25) is 9.69 Å². The molecule has 5 atom stereocenters. The number of ether oxygens (including phenoxy) is 2. The summed E-state index contributed by atoms with van der Waals surface area (Å²) in [5, 5.41) is 0. The Hall–Kier alpha value is -2.01. The molecule has 0 bridgehead atoms. The van der Waals surface area contributed by atoms with Crippen molar-refractivity contribution in [2.45, 2.75) is 45.1 Å². The molecule has 2 aliphatic carbocycles. The van der Waals surface area contributed by atoms with Gasteiger partial charge in [-0.2, -0.15) is 0 Å². The third kappa shape index (κ3) is 3.86. The maximum absolute atomic E-state index is 12.9. The van der Waals surface area contributed by atoms with Crippen LogP contribution in [0.25, 0.3) is 0 Å². The molecule has 0 N–H and O–H groups in total. The fourth-order valence-electron chi connectivity index (χ4n) is 6.72. The van der Waals surface area contributed by atoms with Gasteiger partial charge < -0.3 is 14.4 Å². The smallest absolute Gasteiger partial charge is 0.310 e. The first-order chi connectivity index (χ1) is 15.0. The summed E-state index contributed by atoms with van der Waals surface area (Å²) in [4.78, 5) is 17.7. The van der Waals surface area contributed by atoms with Crippen LogP contribution in [0.3, 0.4) is 0 Å². The molecule has 2 saturated heterocycles. The van der Waals surface area contributed by atoms with Crippen LogP contribution in [0.15, 0.2) is 36.4 Å². The Morgan fingerprint density at radius 1 is 1.19 bits per heavy atom. The standard InChI is InChI=1S/C26H36N2O3/c1-18-5-4-10-26(2)16-24-21(15-23(18)26)22(25(29)31-24)17-27-11-13-28(14-12-27)19-6-8-20(30-3)9-7-19/h6-9,21-24H,1,4-5,10-17H2,2-3H3/t21-,22-,23+,24+,26-/m0/s1. The van der Waals surface area contributed by atoms with Crippen molar-refractivity contribution in [3.63, 3.8) is 0 Å². The Kier molecular flexibility index (Phi) is 5.49. The van der Waals surface area contributed by atoms with Gasteiger partial charge in [0.1, 0.15) is 11.9 Å². The number of allylic oxidation sites excluding steroid dienone is 1. The summed E-state index contributed by atoms with van der Waals surface area (Å²) in [6.45, 7) is 11.6. The van der Waals surface area contributed by atoms with Crippen molar-refractivity contribution in [3.05, 3.63) is 36.4 Å². The van der Waals surface area contributed by atoms with Gasteiger partial charge in [0.05, 0.1) is 13.0 Å². The minimum absolute atomic E-state index is 0.0248. The molecular formula is C26H36N2O3. The third-order valence-electron chi connectivity index (χ3n) is 8.58. The summed E-state index contributed by atoms with van der Waals surface area (Å²) in [5.74, 6) is 1.88. The number of rotatable bonds is 4. The van der Waals surface area contributed by atoms with Crippen molar-refractivity contribution in [1.82, 2.24) is 4.90 Å². The molecule has 0 amide bonds. The van der Waals surface area contributed by atoms with Crippen molar-refractivity contribution < 1.29 is 14.3 Å². The topological polar surface area (TPSA) is 42.0 Å². The van der Waals surface area contributed by atoms with Crippen LogP contribution in [0.5, 0.6) is 5.75 Å². The Balaban J connectivity index is 1.21. The number of methoxy groups -OCH3 is 1. The quantitative estimate of drug-likeness (QED) is 0.537. The number of nitrogens with zero attached hydrogens (tertiary/aromatic N) is 2. The molecule has 1 aromatic rings. The molecule has 2 heterocycles. The molecule has 0 radical (unpaired) electrons. The van der Waals surface area contributed by atoms with Gasteiger partial charge in [-0.15, -0.1) is 0 Å². The van der Waals surface area contributed by atoms with Crippen molar-refractivity contribution in [2.24, 2.45) is 23.2 Å². The zero-order valence-electron chi connectivity index (χ0n) is 19.0. The highest BCUT2D eigenvalue weighted by Gasteiger charge is 2.55. The first kappa shape index (κ1) is 20.9. The minimum atomic E-state index is 0.0248. The van der Waals surface area contributed by atoms with Crippen LogP contribution >= 0.6 is 0 Å². The van der Waals surface area contributed by atoms with Gasteiger partial charge in [-0.25, -0.2) is 0 Å². The molecule has 5 nitrogen and oxygen atoms in total. The summed E-state index contributed by atoms with van der Waals surface area (Å²) in [5.41, 5.74) is 2.93. The lowest BCUT2D eigenvalue weighted by Gasteiger charge is -2.50. The summed E-state index contributed by atoms with van der Waals surface area (Å²) in [7, 11) is 1.70. The lowest BCUT2D eigenvalue weighted by molar-refractivity contribution is -0.146. The summed E-state index contributed by atoms with van der Waals surface area (Å²) >= 11 is 0. The van der Waals surface area contributed by atoms with Crippen molar-refractivity contribution in [1.29, 1.82) is 0 Å². The molecule has 5 rings (SSSR count). The van der Waals surface area contributed by atoms with Crippen LogP contribution in [0, 0.1) is 23.2 Å². The highest BCUT2D eigenvalue weighted by Crippen LogP contribution is 2.56. The van der Waals surface area contributed by atoms with Crippen LogP contribution in [-0.4, -0.2) is 56.8 Å². The van der Waals surface area contributed by atoms with E-state index in [4.69, 9.17) is 9.47 Å². The van der Waals surface area contributed by atoms with E-state index in [2.05, 4.69) is 35.4 Å². The molecule has 4 fully saturated rings. The number of benzene rings is 1. The second-order valence-corrected chi connectivity index (χ2v) is 10.4. The summed E-state index contributed by atoms with van der Waals surface area (Å²) < 4.78 is 11.2. The molecule has 0 unspecified atom stereocenters. The first-order valence-electron chi connectivity index (χ1n) is 12.0. The number of hydrogen-bond donors (Lipinski definition) is 0. The van der Waals surface area contributed by atoms with Crippen molar-refractivity contribution in [2.75, 3.05) is 44.7 Å². The number of carbonyl (C=O) groups is 1. The number of carbonyl (C=O) groups excluding carboxylic acids is 1. The van der Waals surface area contributed by atoms with E-state index in [9.17, 15) is 4.79 Å². The van der Waals surface area contributed by atoms with Gasteiger partial charge >= 0.3 is 5.97 Å². The van der Waals surface area contributed by atoms with E-state index in [0.717, 1.165) is 57.7 Å². The lowest BCUT2D eigenvalue weighted by Crippen LogP contribution is -2.50. The van der Waals surface area contributed by atoms with E-state index >= 15 is 0 Å². The minimum Gasteiger partial charge on any atom is -0.497 e. The third-order valence-corrected chi connectivity index (χ3v) is 8.58. The molecule has 0 spiro atoms. The van der Waals surface area contributed by atoms with Crippen molar-refractivity contribution >= 4 is 11.7 Å². The first-order valence-corrected chi connectivity index (χ1v) is 12.0. The highest BCUT2D eigenvalue weighted by molar-refractivity contribution is 5.75. The maximum Gasteiger partial charge on any atom is 0.310 e. The monoisotopic (exact) mass is 424 g/mol. The van der Waals surface area contributed by atoms with E-state index in [1.165, 1.54) is 24.1 Å². The van der Waals surface area contributed by atoms with Gasteiger partial charge in [-0.1, -0.05) is 19.1 Å². The second-order valence-electron chi connectivity index (χ2n) is 10.4. The number of esters is 1. The SMILES string of the molecule is C=C1CCC[C@@]2(C)C[C@H]3OC(=O)[C@@H](CN4CCN(c5ccc(OC)cc5)CC4)[C@@H]3C[C@H]12. The average Bonchev–Trinajstić information content (AvgIpc) is 3.06. The molecule has 1 aromatic carbocycles. The van der Waals surface area contributed by atoms with E-state index in [-0.39, 0.29) is 23.4 Å². The van der Waals surface area contributed by atoms with Gasteiger partial charge in [0, 0.05) is 44.3 Å². The van der Waals surface area contributed by atoms with Crippen LogP contribution in [0.4, 0.5) is 5.69 Å². The van der Waals surface area contributed by atoms with Crippen LogP contribution in [0.2, 0.25) is 0 Å². The summed E-state index contributed by atoms with van der Waals surface area (Å²) in [6.07, 6.45) is 5.86. The van der Waals surface area contributed by atoms with Crippen molar-refractivity contribution in [3.8, 4) is 5.75 Å².